The number of aryl methyl sites for hydroxylation is 1. The third-order valence-corrected chi connectivity index (χ3v) is 6.48. The van der Waals surface area contributed by atoms with Gasteiger partial charge in [-0.3, -0.25) is 0 Å². The van der Waals surface area contributed by atoms with E-state index < -0.39 is 0 Å². The van der Waals surface area contributed by atoms with Gasteiger partial charge in [0.2, 0.25) is 0 Å². The molecule has 1 fully saturated rings. The monoisotopic (exact) mass is 403 g/mol. The number of carbonyl (C=O) groups excluding carboxylic acids is 1. The number of urea groups is 1. The molecule has 1 aromatic heterocycles. The van der Waals surface area contributed by atoms with E-state index in [1.807, 2.05) is 23.1 Å². The summed E-state index contributed by atoms with van der Waals surface area (Å²) < 4.78 is 7.46. The van der Waals surface area contributed by atoms with Gasteiger partial charge in [0.25, 0.3) is 0 Å². The minimum absolute atomic E-state index is 0.0731. The number of fused-ring (bicyclic) bond motifs is 1. The van der Waals surface area contributed by atoms with E-state index in [1.165, 1.54) is 0 Å². The number of aromatic nitrogens is 3. The smallest absolute Gasteiger partial charge is 0.321 e. The summed E-state index contributed by atoms with van der Waals surface area (Å²) >= 11 is 6.16. The van der Waals surface area contributed by atoms with Crippen LogP contribution in [0.25, 0.3) is 0 Å². The van der Waals surface area contributed by atoms with E-state index in [0.29, 0.717) is 17.3 Å². The highest BCUT2D eigenvalue weighted by atomic mass is 35.5. The van der Waals surface area contributed by atoms with Crippen molar-refractivity contribution in [1.29, 1.82) is 0 Å². The second-order valence-corrected chi connectivity index (χ2v) is 8.17. The fraction of sp³-hybridized carbons (Fsp3) is 0.550. The van der Waals surface area contributed by atoms with Crippen LogP contribution in [-0.2, 0) is 24.3 Å². The van der Waals surface area contributed by atoms with Crippen LogP contribution in [0.3, 0.4) is 0 Å². The van der Waals surface area contributed by atoms with Crippen LogP contribution in [0.15, 0.2) is 24.3 Å². The molecule has 2 aliphatic rings. The first-order valence-corrected chi connectivity index (χ1v) is 10.2. The molecular formula is C20H26ClN5O2. The van der Waals surface area contributed by atoms with Crippen LogP contribution in [0.2, 0.25) is 5.02 Å². The summed E-state index contributed by atoms with van der Waals surface area (Å²) in [4.78, 5) is 14.5. The summed E-state index contributed by atoms with van der Waals surface area (Å²) in [5.74, 6) is 1.97. The number of benzene rings is 1. The molecule has 0 aliphatic carbocycles. The Morgan fingerprint density at radius 2 is 1.93 bits per heavy atom. The van der Waals surface area contributed by atoms with Crippen LogP contribution in [0, 0.1) is 5.41 Å². The molecule has 2 aromatic rings. The van der Waals surface area contributed by atoms with Crippen LogP contribution < -0.4 is 5.32 Å². The number of likely N-dealkylation sites (tertiary alicyclic amines) is 1. The normalized spacial score (nSPS) is 18.6. The minimum atomic E-state index is -0.0731. The number of hydrogen-bond donors (Lipinski definition) is 1. The molecule has 1 saturated heterocycles. The lowest BCUT2D eigenvalue weighted by Gasteiger charge is -2.41. The molecule has 0 unspecified atom stereocenters. The highest BCUT2D eigenvalue weighted by Gasteiger charge is 2.37. The summed E-state index contributed by atoms with van der Waals surface area (Å²) in [5.41, 5.74) is 0.930. The third kappa shape index (κ3) is 3.86. The summed E-state index contributed by atoms with van der Waals surface area (Å²) in [5, 5.41) is 12.1. The molecule has 0 bridgehead atoms. The largest absolute Gasteiger partial charge is 0.377 e. The molecule has 1 N–H and O–H groups in total. The second kappa shape index (κ2) is 8.09. The molecule has 2 aliphatic heterocycles. The fourth-order valence-corrected chi connectivity index (χ4v) is 4.53. The first-order chi connectivity index (χ1) is 13.6. The molecule has 8 heteroatoms. The van der Waals surface area contributed by atoms with Gasteiger partial charge in [-0.05, 0) is 43.2 Å². The number of piperidine rings is 1. The van der Waals surface area contributed by atoms with Gasteiger partial charge >= 0.3 is 6.03 Å². The molecule has 0 saturated carbocycles. The topological polar surface area (TPSA) is 72.3 Å². The molecule has 0 radical (unpaired) electrons. The molecule has 4 rings (SSSR count). The zero-order chi connectivity index (χ0) is 19.6. The number of nitrogens with zero attached hydrogens (tertiary/aromatic N) is 4. The lowest BCUT2D eigenvalue weighted by molar-refractivity contribution is 0.105. The van der Waals surface area contributed by atoms with Gasteiger partial charge in [-0.1, -0.05) is 23.7 Å². The number of para-hydroxylation sites is 1. The van der Waals surface area contributed by atoms with Gasteiger partial charge in [0.1, 0.15) is 12.4 Å². The van der Waals surface area contributed by atoms with E-state index in [9.17, 15) is 4.79 Å². The maximum Gasteiger partial charge on any atom is 0.321 e. The predicted octanol–water partition coefficient (Wildman–Crippen LogP) is 3.73. The summed E-state index contributed by atoms with van der Waals surface area (Å²) in [7, 11) is 1.68. The molecule has 28 heavy (non-hydrogen) atoms. The van der Waals surface area contributed by atoms with Gasteiger partial charge in [0.05, 0.1) is 10.7 Å². The number of carbonyl (C=O) groups is 1. The number of anilines is 1. The molecule has 150 valence electrons. The van der Waals surface area contributed by atoms with Gasteiger partial charge in [-0.15, -0.1) is 10.2 Å². The maximum atomic E-state index is 12.6. The van der Waals surface area contributed by atoms with Gasteiger partial charge < -0.3 is 19.5 Å². The van der Waals surface area contributed by atoms with Crippen molar-refractivity contribution >= 4 is 23.3 Å². The zero-order valence-corrected chi connectivity index (χ0v) is 16.9. The molecule has 7 nitrogen and oxygen atoms in total. The number of amides is 2. The Kier molecular flexibility index (Phi) is 5.55. The highest BCUT2D eigenvalue weighted by molar-refractivity contribution is 6.33. The van der Waals surface area contributed by atoms with Crippen molar-refractivity contribution in [2.45, 2.75) is 45.3 Å². The quantitative estimate of drug-likeness (QED) is 0.847. The van der Waals surface area contributed by atoms with Crippen molar-refractivity contribution in [2.24, 2.45) is 5.41 Å². The fourth-order valence-electron chi connectivity index (χ4n) is 4.34. The Labute approximate surface area is 170 Å². The van der Waals surface area contributed by atoms with Crippen molar-refractivity contribution in [2.75, 3.05) is 25.5 Å². The third-order valence-electron chi connectivity index (χ3n) is 6.15. The lowest BCUT2D eigenvalue weighted by Crippen LogP contribution is -2.45. The van der Waals surface area contributed by atoms with Crippen LogP contribution >= 0.6 is 11.6 Å². The molecule has 1 spiro atoms. The first-order valence-electron chi connectivity index (χ1n) is 9.81. The number of methoxy groups -OCH3 is 1. The highest BCUT2D eigenvalue weighted by Crippen LogP contribution is 2.41. The number of ether oxygens (including phenoxy) is 1. The summed E-state index contributed by atoms with van der Waals surface area (Å²) in [6, 6.07) is 7.26. The van der Waals surface area contributed by atoms with Crippen LogP contribution in [-0.4, -0.2) is 45.9 Å². The molecule has 0 atom stereocenters. The van der Waals surface area contributed by atoms with Gasteiger partial charge in [-0.2, -0.15) is 0 Å². The minimum Gasteiger partial charge on any atom is -0.377 e. The van der Waals surface area contributed by atoms with E-state index in [4.69, 9.17) is 16.3 Å². The van der Waals surface area contributed by atoms with E-state index in [0.717, 1.165) is 63.4 Å². The maximum absolute atomic E-state index is 12.6. The van der Waals surface area contributed by atoms with Crippen molar-refractivity contribution < 1.29 is 9.53 Å². The predicted molar refractivity (Wildman–Crippen MR) is 107 cm³/mol. The van der Waals surface area contributed by atoms with Gasteiger partial charge in [0, 0.05) is 33.2 Å². The van der Waals surface area contributed by atoms with Crippen LogP contribution in [0.5, 0.6) is 0 Å². The SMILES string of the molecule is COCc1nnc2n1CCC1(CC2)CCN(C(=O)Nc2ccccc2Cl)CC1. The van der Waals surface area contributed by atoms with E-state index in [2.05, 4.69) is 20.1 Å². The van der Waals surface area contributed by atoms with E-state index in [-0.39, 0.29) is 11.4 Å². The Hall–Kier alpha value is -2.12. The Balaban J connectivity index is 1.36. The number of hydrogen-bond acceptors (Lipinski definition) is 4. The van der Waals surface area contributed by atoms with Gasteiger partial charge in [-0.25, -0.2) is 4.79 Å². The van der Waals surface area contributed by atoms with E-state index >= 15 is 0 Å². The number of halogens is 1. The molecule has 1 aromatic carbocycles. The van der Waals surface area contributed by atoms with Gasteiger partial charge in [0.15, 0.2) is 5.82 Å². The van der Waals surface area contributed by atoms with Crippen molar-refractivity contribution in [3.05, 3.63) is 40.9 Å². The average Bonchev–Trinajstić information content (AvgIpc) is 3.00. The first kappa shape index (κ1) is 19.2. The van der Waals surface area contributed by atoms with Crippen molar-refractivity contribution in [3.8, 4) is 0 Å². The summed E-state index contributed by atoms with van der Waals surface area (Å²) in [6.45, 7) is 2.95. The van der Waals surface area contributed by atoms with Crippen molar-refractivity contribution in [3.63, 3.8) is 0 Å². The van der Waals surface area contributed by atoms with Crippen LogP contribution in [0.1, 0.15) is 37.3 Å². The number of rotatable bonds is 3. The second-order valence-electron chi connectivity index (χ2n) is 7.76. The Morgan fingerprint density at radius 1 is 1.18 bits per heavy atom. The average molecular weight is 404 g/mol. The standard InChI is InChI=1S/C20H26ClN5O2/c1-28-14-18-24-23-17-6-7-20(10-13-26(17)18)8-11-25(12-9-20)19(27)22-16-5-3-2-4-15(16)21/h2-5H,6-14H2,1H3,(H,22,27). The lowest BCUT2D eigenvalue weighted by atomic mass is 9.73. The molecule has 2 amide bonds. The Bertz CT molecular complexity index is 845. The van der Waals surface area contributed by atoms with E-state index in [1.54, 1.807) is 13.2 Å². The number of nitrogens with one attached hydrogen (secondary N) is 1. The molecule has 3 heterocycles. The van der Waals surface area contributed by atoms with Crippen LogP contribution in [0.4, 0.5) is 10.5 Å². The zero-order valence-electron chi connectivity index (χ0n) is 16.2. The summed E-state index contributed by atoms with van der Waals surface area (Å²) in [6.07, 6.45) is 5.15. The Morgan fingerprint density at radius 3 is 2.68 bits per heavy atom. The van der Waals surface area contributed by atoms with Crippen molar-refractivity contribution in [1.82, 2.24) is 19.7 Å². The molecular weight excluding hydrogens is 378 g/mol.